The summed E-state index contributed by atoms with van der Waals surface area (Å²) < 4.78 is 10.2. The number of likely N-dealkylation sites (N-methyl/N-ethyl adjacent to an activating group) is 1. The molecule has 2 unspecified atom stereocenters. The molecule has 0 N–H and O–H groups in total. The van der Waals surface area contributed by atoms with Gasteiger partial charge >= 0.3 is 0 Å². The molecule has 14 heavy (non-hydrogen) atoms. The second-order valence-corrected chi connectivity index (χ2v) is 3.82. The summed E-state index contributed by atoms with van der Waals surface area (Å²) in [6.45, 7) is 3.50. The minimum absolute atomic E-state index is 0.120. The van der Waals surface area contributed by atoms with Gasteiger partial charge < -0.3 is 9.47 Å². The quantitative estimate of drug-likeness (QED) is 0.642. The number of ketones is 1. The fraction of sp³-hybridized carbons (Fsp3) is 0.900. The molecule has 82 valence electrons. The van der Waals surface area contributed by atoms with Gasteiger partial charge in [-0.25, -0.2) is 0 Å². The lowest BCUT2D eigenvalue weighted by molar-refractivity contribution is -0.124. The zero-order valence-electron chi connectivity index (χ0n) is 9.16. The van der Waals surface area contributed by atoms with Crippen molar-refractivity contribution in [1.82, 2.24) is 4.90 Å². The van der Waals surface area contributed by atoms with Gasteiger partial charge in [-0.15, -0.1) is 0 Å². The van der Waals surface area contributed by atoms with E-state index in [1.54, 1.807) is 7.11 Å². The largest absolute Gasteiger partial charge is 0.377 e. The van der Waals surface area contributed by atoms with E-state index < -0.39 is 0 Å². The molecule has 4 nitrogen and oxygen atoms in total. The number of carbonyl (C=O) groups is 1. The second kappa shape index (κ2) is 5.44. The maximum atomic E-state index is 11.3. The fourth-order valence-corrected chi connectivity index (χ4v) is 1.90. The lowest BCUT2D eigenvalue weighted by Gasteiger charge is -2.25. The van der Waals surface area contributed by atoms with Crippen LogP contribution in [-0.2, 0) is 14.3 Å². The van der Waals surface area contributed by atoms with Crippen LogP contribution < -0.4 is 0 Å². The number of hydrogen-bond donors (Lipinski definition) is 0. The van der Waals surface area contributed by atoms with Gasteiger partial charge in [0.15, 0.2) is 5.78 Å². The van der Waals surface area contributed by atoms with Crippen LogP contribution in [0.4, 0.5) is 0 Å². The maximum absolute atomic E-state index is 11.3. The molecule has 1 saturated heterocycles. The first-order chi connectivity index (χ1) is 6.65. The number of Topliss-reactive ketones (excluding diaryl/α,β-unsaturated/α-hetero) is 1. The van der Waals surface area contributed by atoms with E-state index in [2.05, 4.69) is 11.8 Å². The topological polar surface area (TPSA) is 38.8 Å². The Labute approximate surface area is 85.2 Å². The standard InChI is InChI=1S/C10H19NO3/c1-8-10(4-5-14-8)11(2)6-9(12)7-13-3/h8,10H,4-7H2,1-3H3. The number of methoxy groups -OCH3 is 1. The van der Waals surface area contributed by atoms with Crippen molar-refractivity contribution in [1.29, 1.82) is 0 Å². The summed E-state index contributed by atoms with van der Waals surface area (Å²) in [7, 11) is 3.50. The number of hydrogen-bond acceptors (Lipinski definition) is 4. The van der Waals surface area contributed by atoms with E-state index in [1.807, 2.05) is 7.05 Å². The molecule has 0 aromatic rings. The molecule has 0 spiro atoms. The van der Waals surface area contributed by atoms with Crippen LogP contribution in [0.5, 0.6) is 0 Å². The third kappa shape index (κ3) is 3.04. The third-order valence-electron chi connectivity index (χ3n) is 2.63. The van der Waals surface area contributed by atoms with Crippen molar-refractivity contribution in [3.63, 3.8) is 0 Å². The third-order valence-corrected chi connectivity index (χ3v) is 2.63. The molecule has 4 heteroatoms. The molecule has 0 aromatic carbocycles. The summed E-state index contributed by atoms with van der Waals surface area (Å²) in [5.74, 6) is 0.120. The second-order valence-electron chi connectivity index (χ2n) is 3.82. The van der Waals surface area contributed by atoms with Gasteiger partial charge in [0, 0.05) is 19.8 Å². The average Bonchev–Trinajstić information content (AvgIpc) is 2.51. The van der Waals surface area contributed by atoms with Gasteiger partial charge in [-0.3, -0.25) is 9.69 Å². The van der Waals surface area contributed by atoms with E-state index in [0.717, 1.165) is 13.0 Å². The Morgan fingerprint density at radius 2 is 2.36 bits per heavy atom. The number of rotatable bonds is 5. The van der Waals surface area contributed by atoms with Crippen LogP contribution in [-0.4, -0.2) is 56.7 Å². The molecule has 0 amide bonds. The molecule has 1 aliphatic heterocycles. The van der Waals surface area contributed by atoms with Gasteiger partial charge in [0.05, 0.1) is 12.6 Å². The Morgan fingerprint density at radius 3 is 2.86 bits per heavy atom. The predicted octanol–water partition coefficient (Wildman–Crippen LogP) is 0.311. The van der Waals surface area contributed by atoms with E-state index in [1.165, 1.54) is 0 Å². The molecule has 0 saturated carbocycles. The molecule has 1 fully saturated rings. The van der Waals surface area contributed by atoms with Crippen molar-refractivity contribution < 1.29 is 14.3 Å². The van der Waals surface area contributed by atoms with Gasteiger partial charge in [-0.2, -0.15) is 0 Å². The van der Waals surface area contributed by atoms with E-state index in [-0.39, 0.29) is 18.5 Å². The summed E-state index contributed by atoms with van der Waals surface area (Å²) in [6.07, 6.45) is 1.24. The molecular formula is C10H19NO3. The minimum atomic E-state index is 0.120. The van der Waals surface area contributed by atoms with Crippen molar-refractivity contribution in [2.45, 2.75) is 25.5 Å². The zero-order chi connectivity index (χ0) is 10.6. The molecule has 1 heterocycles. The minimum Gasteiger partial charge on any atom is -0.377 e. The summed E-state index contributed by atoms with van der Waals surface area (Å²) in [4.78, 5) is 13.4. The fourth-order valence-electron chi connectivity index (χ4n) is 1.90. The number of carbonyl (C=O) groups excluding carboxylic acids is 1. The highest BCUT2D eigenvalue weighted by Crippen LogP contribution is 2.17. The van der Waals surface area contributed by atoms with Crippen LogP contribution in [0, 0.1) is 0 Å². The highest BCUT2D eigenvalue weighted by atomic mass is 16.5. The maximum Gasteiger partial charge on any atom is 0.172 e. The van der Waals surface area contributed by atoms with E-state index in [9.17, 15) is 4.79 Å². The Balaban J connectivity index is 2.33. The highest BCUT2D eigenvalue weighted by Gasteiger charge is 2.28. The first-order valence-corrected chi connectivity index (χ1v) is 4.97. The lowest BCUT2D eigenvalue weighted by atomic mass is 10.1. The van der Waals surface area contributed by atoms with Gasteiger partial charge in [0.25, 0.3) is 0 Å². The normalized spacial score (nSPS) is 27.1. The van der Waals surface area contributed by atoms with Crippen molar-refractivity contribution in [2.24, 2.45) is 0 Å². The molecule has 0 radical (unpaired) electrons. The Kier molecular flexibility index (Phi) is 4.51. The van der Waals surface area contributed by atoms with Crippen molar-refractivity contribution in [3.8, 4) is 0 Å². The summed E-state index contributed by atoms with van der Waals surface area (Å²) >= 11 is 0. The van der Waals surface area contributed by atoms with Crippen molar-refractivity contribution in [2.75, 3.05) is 33.9 Å². The molecule has 1 rings (SSSR count). The van der Waals surface area contributed by atoms with Gasteiger partial charge in [-0.1, -0.05) is 0 Å². The van der Waals surface area contributed by atoms with Crippen molar-refractivity contribution in [3.05, 3.63) is 0 Å². The summed E-state index contributed by atoms with van der Waals surface area (Å²) in [6, 6.07) is 0.371. The van der Waals surface area contributed by atoms with Crippen LogP contribution in [0.3, 0.4) is 0 Å². The molecule has 1 aliphatic rings. The summed E-state index contributed by atoms with van der Waals surface area (Å²) in [5.41, 5.74) is 0. The lowest BCUT2D eigenvalue weighted by Crippen LogP contribution is -2.40. The van der Waals surface area contributed by atoms with Gasteiger partial charge in [0.2, 0.25) is 0 Å². The predicted molar refractivity (Wildman–Crippen MR) is 53.3 cm³/mol. The summed E-state index contributed by atoms with van der Waals surface area (Å²) in [5, 5.41) is 0. The molecule has 0 aromatic heterocycles. The first-order valence-electron chi connectivity index (χ1n) is 4.97. The zero-order valence-corrected chi connectivity index (χ0v) is 9.16. The molecular weight excluding hydrogens is 182 g/mol. The first kappa shape index (κ1) is 11.6. The SMILES string of the molecule is COCC(=O)CN(C)C1CCOC1C. The van der Waals surface area contributed by atoms with Crippen LogP contribution >= 0.6 is 0 Å². The van der Waals surface area contributed by atoms with Gasteiger partial charge in [-0.05, 0) is 20.4 Å². The average molecular weight is 201 g/mol. The number of nitrogens with zero attached hydrogens (tertiary/aromatic N) is 1. The van der Waals surface area contributed by atoms with Crippen LogP contribution in [0.25, 0.3) is 0 Å². The van der Waals surface area contributed by atoms with Gasteiger partial charge in [0.1, 0.15) is 6.61 Å². The van der Waals surface area contributed by atoms with E-state index >= 15 is 0 Å². The smallest absolute Gasteiger partial charge is 0.172 e. The Morgan fingerprint density at radius 1 is 1.64 bits per heavy atom. The van der Waals surface area contributed by atoms with Crippen molar-refractivity contribution >= 4 is 5.78 Å². The van der Waals surface area contributed by atoms with Crippen LogP contribution in [0.1, 0.15) is 13.3 Å². The highest BCUT2D eigenvalue weighted by molar-refractivity contribution is 5.81. The molecule has 0 bridgehead atoms. The molecule has 0 aliphatic carbocycles. The monoisotopic (exact) mass is 201 g/mol. The van der Waals surface area contributed by atoms with Crippen LogP contribution in [0.2, 0.25) is 0 Å². The Hall–Kier alpha value is -0.450. The number of ether oxygens (including phenoxy) is 2. The van der Waals surface area contributed by atoms with E-state index in [4.69, 9.17) is 9.47 Å². The Bertz CT molecular complexity index is 196. The molecule has 2 atom stereocenters. The van der Waals surface area contributed by atoms with Crippen LogP contribution in [0.15, 0.2) is 0 Å². The van der Waals surface area contributed by atoms with E-state index in [0.29, 0.717) is 12.6 Å².